The Kier molecular flexibility index (Phi) is 6.23. The Bertz CT molecular complexity index is 860. The van der Waals surface area contributed by atoms with Crippen LogP contribution in [0.2, 0.25) is 0 Å². The molecule has 0 aromatic heterocycles. The van der Waals surface area contributed by atoms with Gasteiger partial charge in [0.2, 0.25) is 5.91 Å². The van der Waals surface area contributed by atoms with Crippen molar-refractivity contribution < 1.29 is 18.4 Å². The predicted octanol–water partition coefficient (Wildman–Crippen LogP) is 3.43. The first kappa shape index (κ1) is 19.5. The van der Waals surface area contributed by atoms with E-state index in [-0.39, 0.29) is 34.9 Å². The Balaban J connectivity index is 1.69. The summed E-state index contributed by atoms with van der Waals surface area (Å²) in [5, 5.41) is 3.23. The van der Waals surface area contributed by atoms with Crippen LogP contribution in [-0.2, 0) is 4.79 Å². The zero-order valence-electron chi connectivity index (χ0n) is 14.9. The second-order valence-electron chi connectivity index (χ2n) is 6.35. The Morgan fingerprint density at radius 2 is 2.04 bits per heavy atom. The number of carbonyl (C=O) groups excluding carboxylic acids is 2. The molecule has 2 aromatic carbocycles. The van der Waals surface area contributed by atoms with E-state index in [0.29, 0.717) is 24.5 Å². The molecule has 1 N–H and O–H groups in total. The quantitative estimate of drug-likeness (QED) is 0.628. The Morgan fingerprint density at radius 3 is 2.74 bits per heavy atom. The number of benzene rings is 2. The van der Waals surface area contributed by atoms with E-state index in [1.54, 1.807) is 17.0 Å². The normalized spacial score (nSPS) is 17.0. The number of nitrogens with zero attached hydrogens (tertiary/aromatic N) is 1. The van der Waals surface area contributed by atoms with Gasteiger partial charge in [-0.25, -0.2) is 8.78 Å². The number of Topliss-reactive ketones (excluding diaryl/α,β-unsaturated/α-hetero) is 1. The molecule has 1 fully saturated rings. The van der Waals surface area contributed by atoms with Crippen LogP contribution in [0, 0.1) is 11.6 Å². The number of rotatable bonds is 5. The molecule has 1 saturated heterocycles. The minimum Gasteiger partial charge on any atom is -0.332 e. The number of ketones is 1. The molecule has 3 rings (SSSR count). The first-order valence-electron chi connectivity index (χ1n) is 8.64. The lowest BCUT2D eigenvalue weighted by Gasteiger charge is -2.36. The first-order valence-corrected chi connectivity index (χ1v) is 9.63. The van der Waals surface area contributed by atoms with E-state index in [0.717, 1.165) is 5.56 Å². The number of halogens is 2. The topological polar surface area (TPSA) is 49.4 Å². The summed E-state index contributed by atoms with van der Waals surface area (Å²) in [4.78, 5) is 26.4. The van der Waals surface area contributed by atoms with Crippen LogP contribution in [0.4, 0.5) is 8.78 Å². The van der Waals surface area contributed by atoms with Crippen molar-refractivity contribution in [2.45, 2.75) is 17.9 Å². The van der Waals surface area contributed by atoms with E-state index in [9.17, 15) is 18.4 Å². The third-order valence-electron chi connectivity index (χ3n) is 4.48. The highest BCUT2D eigenvalue weighted by Gasteiger charge is 2.28. The highest BCUT2D eigenvalue weighted by atomic mass is 32.2. The standard InChI is InChI=1S/C20H20F2N2O2S/c1-13(25)17-6-5-16(10-18(17)22)27-12-20(26)24-8-7-23-11-19(24)14-3-2-4-15(21)9-14/h2-6,9-10,19,23H,7-8,11-12H2,1H3. The maximum atomic E-state index is 13.9. The van der Waals surface area contributed by atoms with E-state index in [1.165, 1.54) is 43.0 Å². The van der Waals surface area contributed by atoms with Crippen LogP contribution < -0.4 is 5.32 Å². The molecule has 2 aromatic rings. The molecule has 1 aliphatic heterocycles. The summed E-state index contributed by atoms with van der Waals surface area (Å²) < 4.78 is 27.5. The van der Waals surface area contributed by atoms with E-state index < -0.39 is 5.82 Å². The maximum Gasteiger partial charge on any atom is 0.233 e. The number of amides is 1. The van der Waals surface area contributed by atoms with Gasteiger partial charge in [-0.3, -0.25) is 9.59 Å². The van der Waals surface area contributed by atoms with Gasteiger partial charge in [0.25, 0.3) is 0 Å². The number of nitrogens with one attached hydrogen (secondary N) is 1. The minimum atomic E-state index is -0.584. The monoisotopic (exact) mass is 390 g/mol. The molecule has 1 atom stereocenters. The van der Waals surface area contributed by atoms with Crippen molar-refractivity contribution in [3.63, 3.8) is 0 Å². The summed E-state index contributed by atoms with van der Waals surface area (Å²) in [5.41, 5.74) is 0.788. The zero-order chi connectivity index (χ0) is 19.4. The molecule has 4 nitrogen and oxygen atoms in total. The largest absolute Gasteiger partial charge is 0.332 e. The van der Waals surface area contributed by atoms with Gasteiger partial charge in [0.05, 0.1) is 17.4 Å². The van der Waals surface area contributed by atoms with Gasteiger partial charge in [-0.05, 0) is 42.8 Å². The van der Waals surface area contributed by atoms with Crippen LogP contribution in [-0.4, -0.2) is 42.0 Å². The molecule has 1 amide bonds. The van der Waals surface area contributed by atoms with Crippen LogP contribution in [0.15, 0.2) is 47.4 Å². The molecule has 27 heavy (non-hydrogen) atoms. The Labute approximate surface area is 160 Å². The van der Waals surface area contributed by atoms with Gasteiger partial charge < -0.3 is 10.2 Å². The van der Waals surface area contributed by atoms with E-state index in [1.807, 2.05) is 6.07 Å². The lowest BCUT2D eigenvalue weighted by molar-refractivity contribution is -0.131. The van der Waals surface area contributed by atoms with Crippen LogP contribution in [0.25, 0.3) is 0 Å². The second-order valence-corrected chi connectivity index (χ2v) is 7.40. The first-order chi connectivity index (χ1) is 13.0. The summed E-state index contributed by atoms with van der Waals surface area (Å²) in [6.45, 7) is 3.07. The Hall–Kier alpha value is -2.25. The minimum absolute atomic E-state index is 0.0407. The molecule has 1 unspecified atom stereocenters. The second kappa shape index (κ2) is 8.63. The highest BCUT2D eigenvalue weighted by Crippen LogP contribution is 2.26. The van der Waals surface area contributed by atoms with Crippen molar-refractivity contribution in [2.75, 3.05) is 25.4 Å². The van der Waals surface area contributed by atoms with Crippen LogP contribution in [0.3, 0.4) is 0 Å². The number of hydrogen-bond acceptors (Lipinski definition) is 4. The fourth-order valence-corrected chi connectivity index (χ4v) is 3.92. The third kappa shape index (κ3) is 4.73. The molecule has 0 bridgehead atoms. The number of carbonyl (C=O) groups is 2. The summed E-state index contributed by atoms with van der Waals surface area (Å²) in [6, 6.07) is 10.4. The van der Waals surface area contributed by atoms with Crippen molar-refractivity contribution >= 4 is 23.5 Å². The third-order valence-corrected chi connectivity index (χ3v) is 5.46. The molecule has 0 saturated carbocycles. The highest BCUT2D eigenvalue weighted by molar-refractivity contribution is 8.00. The lowest BCUT2D eigenvalue weighted by atomic mass is 10.0. The fraction of sp³-hybridized carbons (Fsp3) is 0.300. The lowest BCUT2D eigenvalue weighted by Crippen LogP contribution is -2.49. The van der Waals surface area contributed by atoms with Gasteiger partial charge in [-0.2, -0.15) is 0 Å². The van der Waals surface area contributed by atoms with Gasteiger partial charge in [-0.1, -0.05) is 12.1 Å². The van der Waals surface area contributed by atoms with E-state index in [2.05, 4.69) is 5.32 Å². The zero-order valence-corrected chi connectivity index (χ0v) is 15.7. The maximum absolute atomic E-state index is 13.9. The number of thioether (sulfide) groups is 1. The van der Waals surface area contributed by atoms with Crippen molar-refractivity contribution in [2.24, 2.45) is 0 Å². The molecule has 142 valence electrons. The van der Waals surface area contributed by atoms with Crippen LogP contribution in [0.1, 0.15) is 28.9 Å². The Morgan fingerprint density at radius 1 is 1.22 bits per heavy atom. The smallest absolute Gasteiger partial charge is 0.233 e. The summed E-state index contributed by atoms with van der Waals surface area (Å²) in [7, 11) is 0. The van der Waals surface area contributed by atoms with E-state index in [4.69, 9.17) is 0 Å². The van der Waals surface area contributed by atoms with Crippen molar-refractivity contribution in [3.8, 4) is 0 Å². The van der Waals surface area contributed by atoms with Crippen molar-refractivity contribution in [1.82, 2.24) is 10.2 Å². The molecule has 0 aliphatic carbocycles. The van der Waals surface area contributed by atoms with Crippen molar-refractivity contribution in [1.29, 1.82) is 0 Å². The summed E-state index contributed by atoms with van der Waals surface area (Å²) in [5.74, 6) is -1.20. The molecule has 0 radical (unpaired) electrons. The fourth-order valence-electron chi connectivity index (χ4n) is 3.11. The van der Waals surface area contributed by atoms with Crippen molar-refractivity contribution in [3.05, 3.63) is 65.2 Å². The number of hydrogen-bond donors (Lipinski definition) is 1. The summed E-state index contributed by atoms with van der Waals surface area (Å²) in [6.07, 6.45) is 0. The molecule has 7 heteroatoms. The molecule has 1 heterocycles. The number of piperazine rings is 1. The van der Waals surface area contributed by atoms with Crippen LogP contribution >= 0.6 is 11.8 Å². The molecular formula is C20H20F2N2O2S. The van der Waals surface area contributed by atoms with Crippen LogP contribution in [0.5, 0.6) is 0 Å². The molecule has 0 spiro atoms. The average Bonchev–Trinajstić information content (AvgIpc) is 2.66. The molecule has 1 aliphatic rings. The van der Waals surface area contributed by atoms with Gasteiger partial charge in [-0.15, -0.1) is 11.8 Å². The van der Waals surface area contributed by atoms with Gasteiger partial charge >= 0.3 is 0 Å². The average molecular weight is 390 g/mol. The van der Waals surface area contributed by atoms with Gasteiger partial charge in [0.1, 0.15) is 11.6 Å². The summed E-state index contributed by atoms with van der Waals surface area (Å²) >= 11 is 1.22. The predicted molar refractivity (Wildman–Crippen MR) is 101 cm³/mol. The van der Waals surface area contributed by atoms with Gasteiger partial charge in [0, 0.05) is 24.5 Å². The molecular weight excluding hydrogens is 370 g/mol. The SMILES string of the molecule is CC(=O)c1ccc(SCC(=O)N2CCNCC2c2cccc(F)c2)cc1F. The van der Waals surface area contributed by atoms with Gasteiger partial charge in [0.15, 0.2) is 5.78 Å². The van der Waals surface area contributed by atoms with E-state index >= 15 is 0 Å².